The molecule has 0 atom stereocenters. The predicted molar refractivity (Wildman–Crippen MR) is 99.9 cm³/mol. The summed E-state index contributed by atoms with van der Waals surface area (Å²) in [7, 11) is 1.52. The van der Waals surface area contributed by atoms with Crippen LogP contribution in [-0.2, 0) is 13.1 Å². The van der Waals surface area contributed by atoms with E-state index in [1.54, 1.807) is 23.6 Å². The first kappa shape index (κ1) is 17.5. The molecule has 7 heteroatoms. The van der Waals surface area contributed by atoms with Crippen LogP contribution in [0.15, 0.2) is 27.9 Å². The molecule has 0 spiro atoms. The van der Waals surface area contributed by atoms with E-state index < -0.39 is 0 Å². The van der Waals surface area contributed by atoms with E-state index in [0.717, 1.165) is 12.8 Å². The fourth-order valence-corrected chi connectivity index (χ4v) is 3.35. The summed E-state index contributed by atoms with van der Waals surface area (Å²) in [6.07, 6.45) is 3.29. The second-order valence-electron chi connectivity index (χ2n) is 5.83. The molecule has 0 aliphatic rings. The number of ether oxygens (including phenoxy) is 1. The lowest BCUT2D eigenvalue weighted by atomic mass is 10.1. The van der Waals surface area contributed by atoms with Crippen molar-refractivity contribution in [1.82, 2.24) is 14.1 Å². The van der Waals surface area contributed by atoms with Crippen LogP contribution < -0.4 is 16.0 Å². The standard InChI is InChI=1S/C18H20ClN3O3/c1-4-6-9-22-15-11-7-8-13(19)16(25-3)14(11)20-10-12(15)17(23)21(5-2)18(22)24/h7-8,10H,4-6,9H2,1-3H3. The Kier molecular flexibility index (Phi) is 4.81. The maximum atomic E-state index is 12.9. The fourth-order valence-electron chi connectivity index (χ4n) is 3.12. The van der Waals surface area contributed by atoms with Gasteiger partial charge in [-0.15, -0.1) is 0 Å². The molecule has 0 N–H and O–H groups in total. The average Bonchev–Trinajstić information content (AvgIpc) is 2.61. The van der Waals surface area contributed by atoms with Crippen molar-refractivity contribution in [1.29, 1.82) is 0 Å². The zero-order valence-corrected chi connectivity index (χ0v) is 15.3. The Morgan fingerprint density at radius 3 is 2.56 bits per heavy atom. The molecule has 0 fully saturated rings. The van der Waals surface area contributed by atoms with E-state index in [9.17, 15) is 9.59 Å². The van der Waals surface area contributed by atoms with Crippen LogP contribution in [0.25, 0.3) is 21.8 Å². The number of rotatable bonds is 5. The van der Waals surface area contributed by atoms with E-state index in [1.807, 2.05) is 0 Å². The Bertz CT molecular complexity index is 1070. The largest absolute Gasteiger partial charge is 0.493 e. The van der Waals surface area contributed by atoms with Crippen LogP contribution in [0.2, 0.25) is 5.02 Å². The molecule has 0 saturated heterocycles. The molecule has 3 aromatic rings. The molecule has 0 amide bonds. The van der Waals surface area contributed by atoms with Gasteiger partial charge in [-0.3, -0.25) is 18.9 Å². The van der Waals surface area contributed by atoms with Crippen LogP contribution in [0, 0.1) is 0 Å². The van der Waals surface area contributed by atoms with Crippen molar-refractivity contribution in [3.63, 3.8) is 0 Å². The second kappa shape index (κ2) is 6.88. The van der Waals surface area contributed by atoms with Gasteiger partial charge in [-0.05, 0) is 25.5 Å². The Labute approximate surface area is 149 Å². The van der Waals surface area contributed by atoms with Crippen LogP contribution in [0.4, 0.5) is 0 Å². The number of fused-ring (bicyclic) bond motifs is 3. The van der Waals surface area contributed by atoms with Gasteiger partial charge in [-0.1, -0.05) is 24.9 Å². The molecule has 132 valence electrons. The molecule has 0 bridgehead atoms. The van der Waals surface area contributed by atoms with Gasteiger partial charge in [-0.2, -0.15) is 0 Å². The minimum Gasteiger partial charge on any atom is -0.493 e. The topological polar surface area (TPSA) is 66.1 Å². The van der Waals surface area contributed by atoms with Gasteiger partial charge in [-0.25, -0.2) is 4.79 Å². The SMILES string of the molecule is CCCCn1c(=O)n(CC)c(=O)c2cnc3c(OC)c(Cl)ccc3c21. The van der Waals surface area contributed by atoms with Gasteiger partial charge in [0, 0.05) is 24.7 Å². The molecular formula is C18H20ClN3O3. The van der Waals surface area contributed by atoms with Crippen LogP contribution in [0.1, 0.15) is 26.7 Å². The van der Waals surface area contributed by atoms with Crippen LogP contribution in [0.3, 0.4) is 0 Å². The van der Waals surface area contributed by atoms with Crippen molar-refractivity contribution in [2.45, 2.75) is 39.8 Å². The highest BCUT2D eigenvalue weighted by molar-refractivity contribution is 6.33. The fraction of sp³-hybridized carbons (Fsp3) is 0.389. The Hall–Kier alpha value is -2.34. The van der Waals surface area contributed by atoms with Crippen molar-refractivity contribution in [3.8, 4) is 5.75 Å². The minimum absolute atomic E-state index is 0.296. The second-order valence-corrected chi connectivity index (χ2v) is 6.24. The molecule has 1 aromatic carbocycles. The molecule has 2 aromatic heterocycles. The van der Waals surface area contributed by atoms with Crippen molar-refractivity contribution in [2.75, 3.05) is 7.11 Å². The highest BCUT2D eigenvalue weighted by Gasteiger charge is 2.18. The lowest BCUT2D eigenvalue weighted by Crippen LogP contribution is -2.39. The number of benzene rings is 1. The normalized spacial score (nSPS) is 11.4. The lowest BCUT2D eigenvalue weighted by Gasteiger charge is -2.15. The quantitative estimate of drug-likeness (QED) is 0.654. The zero-order valence-electron chi connectivity index (χ0n) is 14.5. The summed E-state index contributed by atoms with van der Waals surface area (Å²) in [5, 5.41) is 1.55. The average molecular weight is 362 g/mol. The van der Waals surface area contributed by atoms with Gasteiger partial charge in [0.1, 0.15) is 5.52 Å². The summed E-state index contributed by atoms with van der Waals surface area (Å²) in [5.41, 5.74) is 0.516. The molecular weight excluding hydrogens is 342 g/mol. The third-order valence-electron chi connectivity index (χ3n) is 4.38. The van der Waals surface area contributed by atoms with E-state index in [2.05, 4.69) is 11.9 Å². The molecule has 3 rings (SSSR count). The number of nitrogens with zero attached hydrogens (tertiary/aromatic N) is 3. The molecule has 0 unspecified atom stereocenters. The number of methoxy groups -OCH3 is 1. The van der Waals surface area contributed by atoms with Crippen LogP contribution in [-0.4, -0.2) is 21.2 Å². The molecule has 0 radical (unpaired) electrons. The Balaban J connectivity index is 2.55. The molecule has 2 heterocycles. The van der Waals surface area contributed by atoms with Gasteiger partial charge in [0.15, 0.2) is 5.75 Å². The Morgan fingerprint density at radius 2 is 1.92 bits per heavy atom. The highest BCUT2D eigenvalue weighted by Crippen LogP contribution is 2.34. The third kappa shape index (κ3) is 2.70. The maximum Gasteiger partial charge on any atom is 0.331 e. The van der Waals surface area contributed by atoms with E-state index in [-0.39, 0.29) is 11.2 Å². The van der Waals surface area contributed by atoms with Gasteiger partial charge in [0.2, 0.25) is 0 Å². The van der Waals surface area contributed by atoms with Gasteiger partial charge in [0.05, 0.1) is 23.0 Å². The number of aromatic nitrogens is 3. The number of pyridine rings is 1. The summed E-state index contributed by atoms with van der Waals surface area (Å²) in [6.45, 7) is 4.71. The molecule has 0 aliphatic carbocycles. The molecule has 0 aliphatic heterocycles. The first-order chi connectivity index (χ1) is 12.0. The molecule has 25 heavy (non-hydrogen) atoms. The smallest absolute Gasteiger partial charge is 0.331 e. The van der Waals surface area contributed by atoms with Crippen molar-refractivity contribution >= 4 is 33.4 Å². The van der Waals surface area contributed by atoms with Crippen molar-refractivity contribution in [2.24, 2.45) is 0 Å². The van der Waals surface area contributed by atoms with E-state index in [1.165, 1.54) is 17.9 Å². The van der Waals surface area contributed by atoms with Crippen LogP contribution in [0.5, 0.6) is 5.75 Å². The van der Waals surface area contributed by atoms with E-state index in [0.29, 0.717) is 45.7 Å². The first-order valence-electron chi connectivity index (χ1n) is 8.33. The summed E-state index contributed by atoms with van der Waals surface area (Å²) >= 11 is 6.19. The van der Waals surface area contributed by atoms with E-state index >= 15 is 0 Å². The summed E-state index contributed by atoms with van der Waals surface area (Å²) < 4.78 is 8.28. The highest BCUT2D eigenvalue weighted by atomic mass is 35.5. The number of hydrogen-bond acceptors (Lipinski definition) is 4. The van der Waals surface area contributed by atoms with Gasteiger partial charge < -0.3 is 4.74 Å². The van der Waals surface area contributed by atoms with Gasteiger partial charge >= 0.3 is 5.69 Å². The monoisotopic (exact) mass is 361 g/mol. The maximum absolute atomic E-state index is 12.9. The van der Waals surface area contributed by atoms with Gasteiger partial charge in [0.25, 0.3) is 5.56 Å². The summed E-state index contributed by atoms with van der Waals surface area (Å²) in [6, 6.07) is 3.48. The number of hydrogen-bond donors (Lipinski definition) is 0. The minimum atomic E-state index is -0.321. The number of unbranched alkanes of at least 4 members (excludes halogenated alkanes) is 1. The lowest BCUT2D eigenvalue weighted by molar-refractivity contribution is 0.419. The Morgan fingerprint density at radius 1 is 1.16 bits per heavy atom. The molecule has 0 saturated carbocycles. The number of aryl methyl sites for hydroxylation is 1. The number of halogens is 1. The first-order valence-corrected chi connectivity index (χ1v) is 8.71. The van der Waals surface area contributed by atoms with Crippen molar-refractivity contribution in [3.05, 3.63) is 44.2 Å². The molecule has 6 nitrogen and oxygen atoms in total. The zero-order chi connectivity index (χ0) is 18.1. The van der Waals surface area contributed by atoms with Crippen LogP contribution >= 0.6 is 11.6 Å². The predicted octanol–water partition coefficient (Wildman–Crippen LogP) is 3.19. The summed E-state index contributed by atoms with van der Waals surface area (Å²) in [4.78, 5) is 30.0. The summed E-state index contributed by atoms with van der Waals surface area (Å²) in [5.74, 6) is 0.440. The third-order valence-corrected chi connectivity index (χ3v) is 4.68. The van der Waals surface area contributed by atoms with Crippen molar-refractivity contribution < 1.29 is 4.74 Å². The van der Waals surface area contributed by atoms with E-state index in [4.69, 9.17) is 16.3 Å².